The number of nitrogens with one attached hydrogen (secondary N) is 1. The fourth-order valence-electron chi connectivity index (χ4n) is 1.86. The number of amides is 1. The van der Waals surface area contributed by atoms with E-state index in [1.54, 1.807) is 32.0 Å². The maximum Gasteiger partial charge on any atom is 0.260 e. The van der Waals surface area contributed by atoms with Crippen LogP contribution in [-0.2, 0) is 4.79 Å². The van der Waals surface area contributed by atoms with Gasteiger partial charge in [-0.2, -0.15) is 0 Å². The van der Waals surface area contributed by atoms with Crippen molar-refractivity contribution in [3.63, 3.8) is 0 Å². The zero-order valence-electron chi connectivity index (χ0n) is 12.5. The Morgan fingerprint density at radius 2 is 2.24 bits per heavy atom. The van der Waals surface area contributed by atoms with Crippen molar-refractivity contribution in [1.82, 2.24) is 5.32 Å². The van der Waals surface area contributed by atoms with Crippen LogP contribution >= 0.6 is 27.5 Å². The van der Waals surface area contributed by atoms with E-state index >= 15 is 0 Å². The van der Waals surface area contributed by atoms with Crippen molar-refractivity contribution in [2.75, 3.05) is 6.54 Å². The highest BCUT2D eigenvalue weighted by atomic mass is 79.9. The molecule has 0 heterocycles. The molecule has 118 valence electrons. The average molecular weight is 379 g/mol. The molecule has 0 aliphatic rings. The van der Waals surface area contributed by atoms with Crippen molar-refractivity contribution in [3.8, 4) is 5.75 Å². The second-order valence-electron chi connectivity index (χ2n) is 5.30. The van der Waals surface area contributed by atoms with Crippen molar-refractivity contribution in [2.45, 2.75) is 45.3 Å². The van der Waals surface area contributed by atoms with Crippen molar-refractivity contribution in [2.24, 2.45) is 0 Å². The van der Waals surface area contributed by atoms with Gasteiger partial charge in [-0.15, -0.1) is 0 Å². The Bertz CT molecular complexity index is 494. The molecule has 1 rings (SSSR count). The molecule has 2 N–H and O–H groups in total. The molecule has 4 nitrogen and oxygen atoms in total. The lowest BCUT2D eigenvalue weighted by atomic mass is 10.0. The van der Waals surface area contributed by atoms with Crippen LogP contribution in [0.4, 0.5) is 0 Å². The second-order valence-corrected chi connectivity index (χ2v) is 6.59. The van der Waals surface area contributed by atoms with Gasteiger partial charge in [0.25, 0.3) is 5.91 Å². The lowest BCUT2D eigenvalue weighted by molar-refractivity contribution is -0.128. The summed E-state index contributed by atoms with van der Waals surface area (Å²) in [6, 6.07) is 5.09. The maximum atomic E-state index is 12.0. The number of hydrogen-bond donors (Lipinski definition) is 2. The van der Waals surface area contributed by atoms with Crippen LogP contribution in [0.25, 0.3) is 0 Å². The van der Waals surface area contributed by atoms with Gasteiger partial charge in [0.15, 0.2) is 6.10 Å². The van der Waals surface area contributed by atoms with Crippen LogP contribution in [0, 0.1) is 0 Å². The van der Waals surface area contributed by atoms with Crippen molar-refractivity contribution < 1.29 is 14.6 Å². The van der Waals surface area contributed by atoms with E-state index < -0.39 is 11.7 Å². The van der Waals surface area contributed by atoms with Gasteiger partial charge in [-0.3, -0.25) is 4.79 Å². The summed E-state index contributed by atoms with van der Waals surface area (Å²) in [4.78, 5) is 12.0. The highest BCUT2D eigenvalue weighted by Crippen LogP contribution is 2.28. The van der Waals surface area contributed by atoms with Gasteiger partial charge in [0.2, 0.25) is 0 Å². The molecule has 21 heavy (non-hydrogen) atoms. The van der Waals surface area contributed by atoms with Crippen LogP contribution in [0.2, 0.25) is 5.02 Å². The molecule has 0 saturated heterocycles. The summed E-state index contributed by atoms with van der Waals surface area (Å²) in [5.41, 5.74) is -0.898. The van der Waals surface area contributed by atoms with Crippen LogP contribution < -0.4 is 10.1 Å². The molecule has 0 saturated carbocycles. The van der Waals surface area contributed by atoms with Gasteiger partial charge in [0.1, 0.15) is 5.75 Å². The molecule has 6 heteroatoms. The number of carbonyl (C=O) groups is 1. The van der Waals surface area contributed by atoms with Crippen LogP contribution in [-0.4, -0.2) is 29.3 Å². The lowest BCUT2D eigenvalue weighted by Gasteiger charge is -2.24. The highest BCUT2D eigenvalue weighted by molar-refractivity contribution is 9.10. The minimum Gasteiger partial charge on any atom is -0.480 e. The minimum absolute atomic E-state index is 0.204. The number of benzene rings is 1. The Balaban J connectivity index is 2.55. The van der Waals surface area contributed by atoms with E-state index in [0.717, 1.165) is 6.42 Å². The zero-order valence-corrected chi connectivity index (χ0v) is 14.8. The first-order valence-corrected chi connectivity index (χ1v) is 8.04. The van der Waals surface area contributed by atoms with Gasteiger partial charge in [-0.05, 0) is 54.4 Å². The summed E-state index contributed by atoms with van der Waals surface area (Å²) in [6.07, 6.45) is 0.817. The Hall–Kier alpha value is -0.780. The van der Waals surface area contributed by atoms with Gasteiger partial charge in [0, 0.05) is 11.6 Å². The third-order valence-electron chi connectivity index (χ3n) is 3.00. The van der Waals surface area contributed by atoms with Crippen LogP contribution in [0.1, 0.15) is 33.6 Å². The fourth-order valence-corrected chi connectivity index (χ4v) is 2.64. The third-order valence-corrected chi connectivity index (χ3v) is 3.85. The molecular formula is C15H21BrClNO3. The minimum atomic E-state index is -0.898. The topological polar surface area (TPSA) is 58.6 Å². The molecule has 2 atom stereocenters. The first-order chi connectivity index (χ1) is 9.75. The molecule has 2 unspecified atom stereocenters. The molecule has 0 bridgehead atoms. The maximum absolute atomic E-state index is 12.0. The number of hydrogen-bond acceptors (Lipinski definition) is 3. The molecule has 0 aliphatic carbocycles. The first-order valence-electron chi connectivity index (χ1n) is 6.87. The van der Waals surface area contributed by atoms with Crippen LogP contribution in [0.3, 0.4) is 0 Å². The monoisotopic (exact) mass is 377 g/mol. The van der Waals surface area contributed by atoms with Crippen molar-refractivity contribution in [3.05, 3.63) is 27.7 Å². The standard InChI is InChI=1S/C15H21BrClNO3/c1-4-7-15(3,20)9-18-14(19)10(2)21-13-6-5-11(17)8-12(13)16/h5-6,8,10,20H,4,7,9H2,1-3H3,(H,18,19). The molecule has 1 aromatic carbocycles. The Morgan fingerprint density at radius 3 is 2.81 bits per heavy atom. The van der Waals surface area contributed by atoms with E-state index in [-0.39, 0.29) is 12.5 Å². The zero-order chi connectivity index (χ0) is 16.0. The van der Waals surface area contributed by atoms with Gasteiger partial charge in [-0.1, -0.05) is 24.9 Å². The molecule has 0 radical (unpaired) electrons. The molecule has 1 aromatic rings. The first kappa shape index (κ1) is 18.3. The smallest absolute Gasteiger partial charge is 0.260 e. The fraction of sp³-hybridized carbons (Fsp3) is 0.533. The summed E-state index contributed by atoms with van der Waals surface area (Å²) in [7, 11) is 0. The van der Waals surface area contributed by atoms with Gasteiger partial charge < -0.3 is 15.2 Å². The molecule has 0 aromatic heterocycles. The van der Waals surface area contributed by atoms with Crippen LogP contribution in [0.5, 0.6) is 5.75 Å². The van der Waals surface area contributed by atoms with Crippen LogP contribution in [0.15, 0.2) is 22.7 Å². The third kappa shape index (κ3) is 6.24. The number of halogens is 2. The Morgan fingerprint density at radius 1 is 1.57 bits per heavy atom. The summed E-state index contributed by atoms with van der Waals surface area (Å²) >= 11 is 9.19. The van der Waals surface area contributed by atoms with Gasteiger partial charge in [-0.25, -0.2) is 0 Å². The van der Waals surface area contributed by atoms with Crippen molar-refractivity contribution in [1.29, 1.82) is 0 Å². The Kier molecular flexibility index (Phi) is 6.97. The predicted molar refractivity (Wildman–Crippen MR) is 87.8 cm³/mol. The quantitative estimate of drug-likeness (QED) is 0.763. The van der Waals surface area contributed by atoms with Crippen molar-refractivity contribution >= 4 is 33.4 Å². The SMILES string of the molecule is CCCC(C)(O)CNC(=O)C(C)Oc1ccc(Cl)cc1Br. The van der Waals surface area contributed by atoms with Gasteiger partial charge in [0.05, 0.1) is 10.1 Å². The van der Waals surface area contributed by atoms with E-state index in [0.29, 0.717) is 21.7 Å². The van der Waals surface area contributed by atoms with E-state index in [1.807, 2.05) is 6.92 Å². The molecule has 0 aliphatic heterocycles. The van der Waals surface area contributed by atoms with E-state index in [4.69, 9.17) is 16.3 Å². The summed E-state index contributed by atoms with van der Waals surface area (Å²) in [5.74, 6) is 0.274. The number of carbonyl (C=O) groups excluding carboxylic acids is 1. The van der Waals surface area contributed by atoms with E-state index in [2.05, 4.69) is 21.2 Å². The number of rotatable bonds is 7. The molecule has 0 fully saturated rings. The second kappa shape index (κ2) is 8.01. The lowest BCUT2D eigenvalue weighted by Crippen LogP contribution is -2.45. The molecular weight excluding hydrogens is 358 g/mol. The molecule has 0 spiro atoms. The number of ether oxygens (including phenoxy) is 1. The summed E-state index contributed by atoms with van der Waals surface area (Å²) < 4.78 is 6.28. The largest absolute Gasteiger partial charge is 0.480 e. The summed E-state index contributed by atoms with van der Waals surface area (Å²) in [5, 5.41) is 13.3. The number of aliphatic hydroxyl groups is 1. The molecule has 1 amide bonds. The van der Waals surface area contributed by atoms with E-state index in [1.165, 1.54) is 0 Å². The summed E-state index contributed by atoms with van der Waals surface area (Å²) in [6.45, 7) is 5.55. The predicted octanol–water partition coefficient (Wildman–Crippen LogP) is 3.54. The Labute approximate surface area is 139 Å². The highest BCUT2D eigenvalue weighted by Gasteiger charge is 2.22. The van der Waals surface area contributed by atoms with Gasteiger partial charge >= 0.3 is 0 Å². The normalized spacial score (nSPS) is 15.1. The van der Waals surface area contributed by atoms with E-state index in [9.17, 15) is 9.90 Å². The average Bonchev–Trinajstić information content (AvgIpc) is 2.39.